The first kappa shape index (κ1) is 49.5. The fourth-order valence-corrected chi connectivity index (χ4v) is 9.83. The van der Waals surface area contributed by atoms with Gasteiger partial charge >= 0.3 is 0 Å². The second-order valence-electron chi connectivity index (χ2n) is 23.2. The monoisotopic (exact) mass is 1090 g/mol. The number of nitrogens with zero attached hydrogens (tertiary/aromatic N) is 4. The molecule has 9 rings (SSSR count). The van der Waals surface area contributed by atoms with Gasteiger partial charge in [-0.15, -0.1) is 48.3 Å². The predicted octanol–water partition coefficient (Wildman–Crippen LogP) is 16.9. The molecule has 0 saturated heterocycles. The zero-order chi connectivity index (χ0) is 48.6. The van der Waals surface area contributed by atoms with Crippen molar-refractivity contribution in [2.75, 3.05) is 9.80 Å². The zero-order valence-electron chi connectivity index (χ0n) is 42.9. The molecule has 2 aromatic heterocycles. The predicted molar refractivity (Wildman–Crippen MR) is 286 cm³/mol. The maximum Gasteiger partial charge on any atom is 0.135 e. The van der Waals surface area contributed by atoms with E-state index in [1.165, 1.54) is 50.2 Å². The van der Waals surface area contributed by atoms with Crippen LogP contribution in [0, 0.1) is 29.6 Å². The molecule has 0 aliphatic carbocycles. The van der Waals surface area contributed by atoms with Crippen LogP contribution in [0.15, 0.2) is 157 Å². The molecule has 0 bridgehead atoms. The molecule has 0 N–H and O–H groups in total. The number of hydrogen-bond donors (Lipinski definition) is 0. The summed E-state index contributed by atoms with van der Waals surface area (Å²) in [4.78, 5) is 9.73. The largest absolute Gasteiger partial charge is 0.509 e. The second-order valence-corrected chi connectivity index (χ2v) is 23.2. The first-order chi connectivity index (χ1) is 32.0. The Morgan fingerprint density at radius 2 is 1.14 bits per heavy atom. The molecule has 0 saturated carbocycles. The molecule has 6 heteroatoms. The van der Waals surface area contributed by atoms with Gasteiger partial charge in [0.15, 0.2) is 0 Å². The number of hydrogen-bond acceptors (Lipinski definition) is 4. The van der Waals surface area contributed by atoms with Crippen molar-refractivity contribution in [1.82, 2.24) is 9.55 Å². The second kappa shape index (κ2) is 18.1. The molecule has 8 aromatic rings. The van der Waals surface area contributed by atoms with Gasteiger partial charge in [0.1, 0.15) is 5.82 Å². The first-order valence-corrected chi connectivity index (χ1v) is 24.1. The number of allylic oxidation sites excluding steroid dienone is 2. The topological polar surface area (TPSA) is 33.5 Å². The van der Waals surface area contributed by atoms with Gasteiger partial charge in [-0.05, 0) is 74.4 Å². The SMILES string of the molecule is CC(C)(C)C1=C(C(C)(C)C)N(c2cc(-c3ccccc3)cc(C(C)(C)c3ccccc3)c2)[CH-]N1c1[c-]c(Oc2[c-]c3c(c(C(C)(C)C)c2)c2ccccc2n3-c2cc(C(C)(C)C)ccn2)ccc1.[Pt]. The van der Waals surface area contributed by atoms with E-state index in [0.29, 0.717) is 11.5 Å². The van der Waals surface area contributed by atoms with E-state index in [2.05, 4.69) is 264 Å². The summed E-state index contributed by atoms with van der Waals surface area (Å²) < 4.78 is 9.21. The minimum Gasteiger partial charge on any atom is -0.509 e. The smallest absolute Gasteiger partial charge is 0.135 e. The van der Waals surface area contributed by atoms with Crippen molar-refractivity contribution in [1.29, 1.82) is 0 Å². The molecule has 0 spiro atoms. The van der Waals surface area contributed by atoms with E-state index in [0.717, 1.165) is 33.6 Å². The summed E-state index contributed by atoms with van der Waals surface area (Å²) in [5.74, 6) is 2.11. The van der Waals surface area contributed by atoms with Crippen LogP contribution >= 0.6 is 0 Å². The molecule has 0 fully saturated rings. The van der Waals surface area contributed by atoms with Crippen LogP contribution in [0.5, 0.6) is 11.5 Å². The van der Waals surface area contributed by atoms with E-state index < -0.39 is 0 Å². The molecule has 0 amide bonds. The van der Waals surface area contributed by atoms with Crippen LogP contribution in [0.25, 0.3) is 38.8 Å². The average molecular weight is 1090 g/mol. The Balaban J connectivity index is 0.00000642. The third-order valence-corrected chi connectivity index (χ3v) is 13.4. The van der Waals surface area contributed by atoms with Gasteiger partial charge in [0, 0.05) is 77.6 Å². The third-order valence-electron chi connectivity index (χ3n) is 13.4. The van der Waals surface area contributed by atoms with Crippen molar-refractivity contribution in [2.24, 2.45) is 10.8 Å². The van der Waals surface area contributed by atoms with Crippen molar-refractivity contribution < 1.29 is 25.8 Å². The number of rotatable bonds is 8. The summed E-state index contributed by atoms with van der Waals surface area (Å²) >= 11 is 0. The fraction of sp³-hybridized carbons (Fsp3) is 0.302. The molecule has 1 aliphatic heterocycles. The number of benzene rings is 6. The van der Waals surface area contributed by atoms with Crippen molar-refractivity contribution in [3.05, 3.63) is 198 Å². The summed E-state index contributed by atoms with van der Waals surface area (Å²) in [6.07, 6.45) is 1.92. The molecule has 69 heavy (non-hydrogen) atoms. The van der Waals surface area contributed by atoms with Crippen molar-refractivity contribution in [3.63, 3.8) is 0 Å². The molecule has 3 heterocycles. The van der Waals surface area contributed by atoms with Gasteiger partial charge in [0.05, 0.1) is 0 Å². The van der Waals surface area contributed by atoms with Gasteiger partial charge in [-0.25, -0.2) is 4.98 Å². The number of fused-ring (bicyclic) bond motifs is 3. The Morgan fingerprint density at radius 3 is 1.80 bits per heavy atom. The van der Waals surface area contributed by atoms with Crippen molar-refractivity contribution in [2.45, 2.75) is 113 Å². The molecule has 0 unspecified atom stereocenters. The quantitative estimate of drug-likeness (QED) is 0.142. The summed E-state index contributed by atoms with van der Waals surface area (Å²) in [5.41, 5.74) is 12.8. The zero-order valence-corrected chi connectivity index (χ0v) is 45.2. The molecule has 6 aromatic carbocycles. The van der Waals surface area contributed by atoms with E-state index in [-0.39, 0.29) is 48.1 Å². The van der Waals surface area contributed by atoms with Crippen LogP contribution in [0.4, 0.5) is 11.4 Å². The molecule has 1 aliphatic rings. The molecule has 0 radical (unpaired) electrons. The number of pyridine rings is 1. The maximum absolute atomic E-state index is 6.96. The number of para-hydroxylation sites is 1. The Labute approximate surface area is 426 Å². The van der Waals surface area contributed by atoms with Gasteiger partial charge < -0.3 is 19.1 Å². The summed E-state index contributed by atoms with van der Waals surface area (Å²) in [6, 6.07) is 57.6. The average Bonchev–Trinajstić information content (AvgIpc) is 3.87. The Kier molecular flexibility index (Phi) is 13.0. The van der Waals surface area contributed by atoms with Gasteiger partial charge in [-0.3, -0.25) is 0 Å². The molecule has 0 atom stereocenters. The summed E-state index contributed by atoms with van der Waals surface area (Å²) in [6.45, 7) is 34.4. The van der Waals surface area contributed by atoms with Gasteiger partial charge in [0.2, 0.25) is 0 Å². The fourth-order valence-electron chi connectivity index (χ4n) is 9.83. The van der Waals surface area contributed by atoms with Crippen LogP contribution in [0.1, 0.15) is 119 Å². The van der Waals surface area contributed by atoms with Crippen molar-refractivity contribution in [3.8, 4) is 28.4 Å². The van der Waals surface area contributed by atoms with Gasteiger partial charge in [0.25, 0.3) is 0 Å². The van der Waals surface area contributed by atoms with E-state index in [4.69, 9.17) is 9.72 Å². The molecular weight excluding hydrogens is 1020 g/mol. The molecule has 358 valence electrons. The van der Waals surface area contributed by atoms with Crippen LogP contribution in [0.3, 0.4) is 0 Å². The van der Waals surface area contributed by atoms with E-state index in [1.54, 1.807) is 0 Å². The van der Waals surface area contributed by atoms with Crippen LogP contribution in [0.2, 0.25) is 0 Å². The summed E-state index contributed by atoms with van der Waals surface area (Å²) in [5, 5.41) is 2.33. The maximum atomic E-state index is 6.96. The Morgan fingerprint density at radius 1 is 0.507 bits per heavy atom. The number of ether oxygens (including phenoxy) is 1. The normalized spacial score (nSPS) is 13.9. The number of anilines is 2. The van der Waals surface area contributed by atoms with Crippen LogP contribution in [-0.2, 0) is 37.3 Å². The Bertz CT molecular complexity index is 3190. The molecular formula is C63H67N4OPt-3. The summed E-state index contributed by atoms with van der Waals surface area (Å²) in [7, 11) is 0. The van der Waals surface area contributed by atoms with Crippen molar-refractivity contribution >= 4 is 33.2 Å². The number of aromatic nitrogens is 2. The minimum absolute atomic E-state index is 0. The van der Waals surface area contributed by atoms with Gasteiger partial charge in [-0.2, -0.15) is 6.07 Å². The Hall–Kier alpha value is -5.90. The minimum atomic E-state index is -0.258. The van der Waals surface area contributed by atoms with Crippen LogP contribution < -0.4 is 14.5 Å². The standard InChI is InChI=1S/C63H67N4O.Pt/c1-59(2,3)45-32-33-64-55(37-45)67-53-31-22-21-30-51(53)56-52(60(4,5)6)39-50(40-54(56)67)68-49-29-23-28-47(38-49)65-41-66(58(62(10,11)12)57(65)61(7,8)9)48-35-43(42-24-17-15-18-25-42)34-46(36-48)63(13,14)44-26-19-16-20-27-44;/h15-37,39,41H,1-14H3;/q-3;. The van der Waals surface area contributed by atoms with E-state index in [1.807, 2.05) is 12.3 Å². The third kappa shape index (κ3) is 9.57. The van der Waals surface area contributed by atoms with E-state index >= 15 is 0 Å². The van der Waals surface area contributed by atoms with E-state index in [9.17, 15) is 0 Å². The van der Waals surface area contributed by atoms with Gasteiger partial charge in [-0.1, -0.05) is 193 Å². The van der Waals surface area contributed by atoms with Crippen LogP contribution in [-0.4, -0.2) is 9.55 Å². The molecule has 5 nitrogen and oxygen atoms in total. The first-order valence-electron chi connectivity index (χ1n) is 24.1.